The second-order valence-corrected chi connectivity index (χ2v) is 5.71. The van der Waals surface area contributed by atoms with Gasteiger partial charge in [-0.3, -0.25) is 14.9 Å². The molecular weight excluding hydrogens is 347 g/mol. The summed E-state index contributed by atoms with van der Waals surface area (Å²) in [5, 5.41) is 13.3. The Morgan fingerprint density at radius 2 is 1.59 bits per heavy atom. The molecule has 134 valence electrons. The van der Waals surface area contributed by atoms with Gasteiger partial charge in [0.1, 0.15) is 5.82 Å². The molecule has 0 aliphatic heterocycles. The van der Waals surface area contributed by atoms with Crippen LogP contribution in [-0.2, 0) is 4.79 Å². The zero-order valence-electron chi connectivity index (χ0n) is 14.1. The second-order valence-electron chi connectivity index (χ2n) is 5.71. The van der Waals surface area contributed by atoms with Gasteiger partial charge in [0.05, 0.1) is 10.6 Å². The summed E-state index contributed by atoms with van der Waals surface area (Å²) >= 11 is 0. The average Bonchev–Trinajstić information content (AvgIpc) is 2.69. The summed E-state index contributed by atoms with van der Waals surface area (Å²) in [6.07, 6.45) is 1.68. The Bertz CT molecular complexity index is 1000. The highest BCUT2D eigenvalue weighted by molar-refractivity contribution is 6.29. The summed E-state index contributed by atoms with van der Waals surface area (Å²) in [4.78, 5) is 23.1. The molecule has 0 atom stereocenters. The fraction of sp³-hybridized carbons (Fsp3) is 0. The maximum atomic E-state index is 14.0. The Hall–Kier alpha value is -3.80. The van der Waals surface area contributed by atoms with Crippen molar-refractivity contribution in [3.63, 3.8) is 0 Å². The molecular formula is C21H15FN2O3. The van der Waals surface area contributed by atoms with E-state index in [1.165, 1.54) is 0 Å². The molecule has 3 aromatic carbocycles. The van der Waals surface area contributed by atoms with Gasteiger partial charge in [0.2, 0.25) is 0 Å². The highest BCUT2D eigenvalue weighted by atomic mass is 19.1. The number of rotatable bonds is 5. The van der Waals surface area contributed by atoms with Gasteiger partial charge >= 0.3 is 0 Å². The lowest BCUT2D eigenvalue weighted by atomic mass is 10.0. The van der Waals surface area contributed by atoms with Crippen molar-refractivity contribution in [3.8, 4) is 0 Å². The maximum Gasteiger partial charge on any atom is 0.271 e. The van der Waals surface area contributed by atoms with Crippen LogP contribution in [0.25, 0.3) is 11.6 Å². The van der Waals surface area contributed by atoms with E-state index in [9.17, 15) is 19.3 Å². The van der Waals surface area contributed by atoms with Gasteiger partial charge < -0.3 is 5.32 Å². The SMILES string of the molecule is O=C(Nc1cc([N+](=O)[O-])ccc1F)C(=Cc1ccccc1)c1ccccc1. The van der Waals surface area contributed by atoms with Crippen LogP contribution in [0.5, 0.6) is 0 Å². The largest absolute Gasteiger partial charge is 0.319 e. The van der Waals surface area contributed by atoms with E-state index in [-0.39, 0.29) is 11.4 Å². The number of benzene rings is 3. The Morgan fingerprint density at radius 3 is 2.22 bits per heavy atom. The minimum Gasteiger partial charge on any atom is -0.319 e. The van der Waals surface area contributed by atoms with Crippen LogP contribution < -0.4 is 5.32 Å². The summed E-state index contributed by atoms with van der Waals surface area (Å²) in [5.74, 6) is -1.31. The number of nitro groups is 1. The van der Waals surface area contributed by atoms with Crippen molar-refractivity contribution < 1.29 is 14.1 Å². The quantitative estimate of drug-likeness (QED) is 0.303. The standard InChI is InChI=1S/C21H15FN2O3/c22-19-12-11-17(24(26)27)14-20(19)23-21(25)18(16-9-5-2-6-10-16)13-15-7-3-1-4-8-15/h1-14H,(H,23,25). The van der Waals surface area contributed by atoms with Crippen LogP contribution in [0.15, 0.2) is 78.9 Å². The van der Waals surface area contributed by atoms with Crippen molar-refractivity contribution in [1.29, 1.82) is 0 Å². The van der Waals surface area contributed by atoms with Crippen molar-refractivity contribution >= 4 is 28.9 Å². The van der Waals surface area contributed by atoms with Crippen molar-refractivity contribution in [2.45, 2.75) is 0 Å². The minimum absolute atomic E-state index is 0.246. The topological polar surface area (TPSA) is 72.2 Å². The number of carbonyl (C=O) groups is 1. The molecule has 27 heavy (non-hydrogen) atoms. The number of nitrogens with zero attached hydrogens (tertiary/aromatic N) is 1. The number of hydrogen-bond donors (Lipinski definition) is 1. The maximum absolute atomic E-state index is 14.0. The summed E-state index contributed by atoms with van der Waals surface area (Å²) in [6.45, 7) is 0. The molecule has 5 nitrogen and oxygen atoms in total. The van der Waals surface area contributed by atoms with Gasteiger partial charge in [-0.25, -0.2) is 4.39 Å². The molecule has 0 bridgehead atoms. The first-order chi connectivity index (χ1) is 13.0. The van der Waals surface area contributed by atoms with Crippen LogP contribution in [0.4, 0.5) is 15.8 Å². The third-order valence-corrected chi connectivity index (χ3v) is 3.85. The third-order valence-electron chi connectivity index (χ3n) is 3.85. The molecule has 0 spiro atoms. The van der Waals surface area contributed by atoms with E-state index >= 15 is 0 Å². The van der Waals surface area contributed by atoms with Gasteiger partial charge in [-0.05, 0) is 23.3 Å². The van der Waals surface area contributed by atoms with Gasteiger partial charge in [-0.15, -0.1) is 0 Å². The van der Waals surface area contributed by atoms with Gasteiger partial charge in [0.25, 0.3) is 11.6 Å². The molecule has 0 unspecified atom stereocenters. The average molecular weight is 362 g/mol. The van der Waals surface area contributed by atoms with Crippen LogP contribution in [0.2, 0.25) is 0 Å². The van der Waals surface area contributed by atoms with Crippen LogP contribution in [0.3, 0.4) is 0 Å². The van der Waals surface area contributed by atoms with Gasteiger partial charge in [0.15, 0.2) is 0 Å². The number of carbonyl (C=O) groups excluding carboxylic acids is 1. The van der Waals surface area contributed by atoms with E-state index in [1.54, 1.807) is 30.3 Å². The molecule has 0 aromatic heterocycles. The monoisotopic (exact) mass is 362 g/mol. The molecule has 6 heteroatoms. The van der Waals surface area contributed by atoms with Gasteiger partial charge in [-0.2, -0.15) is 0 Å². The number of amides is 1. The van der Waals surface area contributed by atoms with E-state index in [0.717, 1.165) is 23.8 Å². The van der Waals surface area contributed by atoms with Crippen molar-refractivity contribution in [2.75, 3.05) is 5.32 Å². The number of halogens is 1. The molecule has 1 amide bonds. The van der Waals surface area contributed by atoms with E-state index in [1.807, 2.05) is 36.4 Å². The summed E-state index contributed by atoms with van der Waals surface area (Å²) in [5.41, 5.74) is 1.20. The van der Waals surface area contributed by atoms with Crippen LogP contribution in [0, 0.1) is 15.9 Å². The molecule has 0 heterocycles. The van der Waals surface area contributed by atoms with Gasteiger partial charge in [0, 0.05) is 17.7 Å². The predicted octanol–water partition coefficient (Wildman–Crippen LogP) is 4.91. The zero-order valence-corrected chi connectivity index (χ0v) is 14.1. The van der Waals surface area contributed by atoms with Crippen molar-refractivity contribution in [2.24, 2.45) is 0 Å². The highest BCUT2D eigenvalue weighted by Gasteiger charge is 2.17. The van der Waals surface area contributed by atoms with Crippen molar-refractivity contribution in [1.82, 2.24) is 0 Å². The minimum atomic E-state index is -0.749. The van der Waals surface area contributed by atoms with Crippen molar-refractivity contribution in [3.05, 3.63) is 106 Å². The molecule has 3 aromatic rings. The summed E-state index contributed by atoms with van der Waals surface area (Å²) in [7, 11) is 0. The smallest absolute Gasteiger partial charge is 0.271 e. The fourth-order valence-corrected chi connectivity index (χ4v) is 2.53. The zero-order chi connectivity index (χ0) is 19.2. The lowest BCUT2D eigenvalue weighted by molar-refractivity contribution is -0.384. The van der Waals surface area contributed by atoms with Crippen LogP contribution >= 0.6 is 0 Å². The first kappa shape index (κ1) is 18.0. The molecule has 3 rings (SSSR count). The lowest BCUT2D eigenvalue weighted by Crippen LogP contribution is -2.15. The van der Waals surface area contributed by atoms with Crippen LogP contribution in [-0.4, -0.2) is 10.8 Å². The Morgan fingerprint density at radius 1 is 0.963 bits per heavy atom. The number of anilines is 1. The number of nitro benzene ring substituents is 1. The molecule has 0 aliphatic rings. The van der Waals surface area contributed by atoms with E-state index in [4.69, 9.17) is 0 Å². The molecule has 0 saturated carbocycles. The number of non-ortho nitro benzene ring substituents is 1. The number of nitrogens with one attached hydrogen (secondary N) is 1. The Labute approximate surface area is 154 Å². The Kier molecular flexibility index (Phi) is 5.37. The van der Waals surface area contributed by atoms with Gasteiger partial charge in [-0.1, -0.05) is 60.7 Å². The molecule has 1 N–H and O–H groups in total. The van der Waals surface area contributed by atoms with E-state index < -0.39 is 16.6 Å². The summed E-state index contributed by atoms with van der Waals surface area (Å²) < 4.78 is 14.0. The highest BCUT2D eigenvalue weighted by Crippen LogP contribution is 2.24. The summed E-state index contributed by atoms with van der Waals surface area (Å²) in [6, 6.07) is 21.1. The third kappa shape index (κ3) is 4.43. The van der Waals surface area contributed by atoms with E-state index in [0.29, 0.717) is 11.1 Å². The number of hydrogen-bond acceptors (Lipinski definition) is 3. The molecule has 0 radical (unpaired) electrons. The first-order valence-corrected chi connectivity index (χ1v) is 8.12. The predicted molar refractivity (Wildman–Crippen MR) is 102 cm³/mol. The van der Waals surface area contributed by atoms with E-state index in [2.05, 4.69) is 5.32 Å². The van der Waals surface area contributed by atoms with Crippen LogP contribution in [0.1, 0.15) is 11.1 Å². The fourth-order valence-electron chi connectivity index (χ4n) is 2.53. The second kappa shape index (κ2) is 8.05. The lowest BCUT2D eigenvalue weighted by Gasteiger charge is -2.10. The Balaban J connectivity index is 1.99. The first-order valence-electron chi connectivity index (χ1n) is 8.12. The molecule has 0 fully saturated rings. The molecule has 0 aliphatic carbocycles. The normalized spacial score (nSPS) is 11.1. The molecule has 0 saturated heterocycles.